The molecule has 81 heavy (non-hydrogen) atoms. The third kappa shape index (κ3) is 10.9. The van der Waals surface area contributed by atoms with E-state index in [4.69, 9.17) is 42.7 Å². The lowest BCUT2D eigenvalue weighted by molar-refractivity contribution is -0.0962. The monoisotopic (exact) mass is 1100 g/mol. The van der Waals surface area contributed by atoms with Gasteiger partial charge in [-0.15, -0.1) is 0 Å². The van der Waals surface area contributed by atoms with Gasteiger partial charge in [0.05, 0.1) is 46.4 Å². The summed E-state index contributed by atoms with van der Waals surface area (Å²) in [6, 6.07) is 54.7. The van der Waals surface area contributed by atoms with Gasteiger partial charge in [0, 0.05) is 17.6 Å². The lowest BCUT2D eigenvalue weighted by atomic mass is 9.80. The van der Waals surface area contributed by atoms with Crippen LogP contribution >= 0.6 is 8.25 Å². The van der Waals surface area contributed by atoms with E-state index in [0.29, 0.717) is 22.7 Å². The molecule has 1 saturated heterocycles. The maximum Gasteiger partial charge on any atom is 0.319 e. The van der Waals surface area contributed by atoms with E-state index in [9.17, 15) is 14.6 Å². The number of aromatic nitrogens is 4. The number of nitrogens with zero attached hydrogens (tertiary/aromatic N) is 6. The Balaban J connectivity index is 1.03. The second kappa shape index (κ2) is 23.9. The van der Waals surface area contributed by atoms with E-state index < -0.39 is 44.4 Å². The summed E-state index contributed by atoms with van der Waals surface area (Å²) in [5.74, 6) is 1.11. The molecule has 1 aliphatic rings. The van der Waals surface area contributed by atoms with E-state index in [0.717, 1.165) is 54.6 Å². The number of anilines is 1. The highest BCUT2D eigenvalue weighted by Gasteiger charge is 2.51. The maximum absolute atomic E-state index is 14.7. The van der Waals surface area contributed by atoms with Crippen LogP contribution in [0.1, 0.15) is 66.5 Å². The molecule has 6 atom stereocenters. The first-order valence-corrected chi connectivity index (χ1v) is 28.2. The van der Waals surface area contributed by atoms with Crippen LogP contribution in [-0.4, -0.2) is 94.2 Å². The molecule has 11 rings (SSSR count). The molecule has 16 nitrogen and oxygen atoms in total. The first kappa shape index (κ1) is 54.8. The van der Waals surface area contributed by atoms with Crippen LogP contribution in [0.4, 0.5) is 5.82 Å². The minimum atomic E-state index is -3.45. The molecule has 10 aromatic rings. The molecule has 17 heteroatoms. The molecular formula is C64H62N7O9P. The fourth-order valence-corrected chi connectivity index (χ4v) is 12.3. The van der Waals surface area contributed by atoms with Crippen molar-refractivity contribution in [2.24, 2.45) is 0 Å². The van der Waals surface area contributed by atoms with Crippen molar-refractivity contribution in [1.82, 2.24) is 24.4 Å². The highest BCUT2D eigenvalue weighted by molar-refractivity contribution is 7.33. The first-order chi connectivity index (χ1) is 39.5. The number of carbonyl (C=O) groups is 1. The minimum Gasteiger partial charge on any atom is -0.497 e. The van der Waals surface area contributed by atoms with Gasteiger partial charge in [0.25, 0.3) is 5.91 Å². The Morgan fingerprint density at radius 1 is 0.728 bits per heavy atom. The Morgan fingerprint density at radius 3 is 1.96 bits per heavy atom. The van der Waals surface area contributed by atoms with Crippen molar-refractivity contribution in [3.05, 3.63) is 204 Å². The zero-order chi connectivity index (χ0) is 56.2. The summed E-state index contributed by atoms with van der Waals surface area (Å²) >= 11 is 0. The average Bonchev–Trinajstić information content (AvgIpc) is 4.12. The molecule has 0 radical (unpaired) electrons. The van der Waals surface area contributed by atoms with E-state index in [2.05, 4.69) is 71.0 Å². The normalized spacial score (nSPS) is 17.4. The van der Waals surface area contributed by atoms with Crippen molar-refractivity contribution in [3.63, 3.8) is 0 Å². The fraction of sp³-hybridized carbons (Fsp3) is 0.266. The molecular weight excluding hydrogens is 1040 g/mol. The predicted molar refractivity (Wildman–Crippen MR) is 312 cm³/mol. The van der Waals surface area contributed by atoms with Gasteiger partial charge < -0.3 is 38.0 Å². The number of fused-ring (bicyclic) bond motifs is 1. The first-order valence-electron chi connectivity index (χ1n) is 26.9. The number of benzene rings is 8. The summed E-state index contributed by atoms with van der Waals surface area (Å²) in [5.41, 5.74) is 2.97. The summed E-state index contributed by atoms with van der Waals surface area (Å²) < 4.78 is 62.5. The summed E-state index contributed by atoms with van der Waals surface area (Å²) in [4.78, 5) is 29.5. The Kier molecular flexibility index (Phi) is 16.2. The van der Waals surface area contributed by atoms with Crippen LogP contribution in [0.3, 0.4) is 0 Å². The zero-order valence-electron chi connectivity index (χ0n) is 45.8. The zero-order valence-corrected chi connectivity index (χ0v) is 46.8. The van der Waals surface area contributed by atoms with Crippen molar-refractivity contribution in [3.8, 4) is 17.6 Å². The molecule has 1 N–H and O–H groups in total. The lowest BCUT2D eigenvalue weighted by Crippen LogP contribution is -2.46. The number of amides is 1. The number of nitrogens with one attached hydrogen (secondary N) is 1. The molecule has 2 aromatic heterocycles. The van der Waals surface area contributed by atoms with Gasteiger partial charge in [-0.3, -0.25) is 18.8 Å². The number of methoxy groups -OCH3 is 2. The van der Waals surface area contributed by atoms with Crippen molar-refractivity contribution >= 4 is 63.5 Å². The molecule has 0 saturated carbocycles. The number of rotatable bonds is 22. The lowest BCUT2D eigenvalue weighted by Gasteiger charge is -2.37. The molecule has 0 spiro atoms. The van der Waals surface area contributed by atoms with Crippen LogP contribution in [0.5, 0.6) is 11.5 Å². The second-order valence-electron chi connectivity index (χ2n) is 20.5. The summed E-state index contributed by atoms with van der Waals surface area (Å²) in [6.45, 7) is 7.73. The summed E-state index contributed by atoms with van der Waals surface area (Å²) in [5, 5.41) is 20.0. The highest BCUT2D eigenvalue weighted by Crippen LogP contribution is 2.46. The van der Waals surface area contributed by atoms with Crippen molar-refractivity contribution < 1.29 is 42.1 Å². The smallest absolute Gasteiger partial charge is 0.319 e. The molecule has 8 aromatic carbocycles. The second-order valence-corrected chi connectivity index (χ2v) is 21.6. The fourth-order valence-electron chi connectivity index (χ4n) is 11.5. The quantitative estimate of drug-likeness (QED) is 0.0384. The number of imidazole rings is 1. The standard InChI is InChI=1S/C64H62N7O9P/c1-40(2)71(41(3)4)50(34-65)36-78-81(73)80-58-54(37-77-64(47-18-11-8-12-19-47,48-25-29-51(74-5)30-26-48)49-27-31-52(75-6)32-28-49)79-63(70-39-68-57-60(66-38-67-61(57)70)69-62(72)45-14-9-7-10-15-45)59(58)76-35-46-23-22-44-21-20-42-16-13-17-43-24-33-53(46)56(44)55(42)43/h7-33,38-41,50,54,58-59,63,81H,35-37H2,1-6H3,(H,66,67,69,72)/t50?,54-,58?,59?,63-/m1/s1. The Labute approximate surface area is 470 Å². The number of ether oxygens (including phenoxy) is 5. The van der Waals surface area contributed by atoms with Gasteiger partial charge in [-0.25, -0.2) is 15.0 Å². The van der Waals surface area contributed by atoms with E-state index in [1.165, 1.54) is 6.33 Å². The van der Waals surface area contributed by atoms with Crippen molar-refractivity contribution in [1.29, 1.82) is 5.26 Å². The largest absolute Gasteiger partial charge is 0.497 e. The summed E-state index contributed by atoms with van der Waals surface area (Å²) in [6.07, 6.45) is -1.44. The topological polar surface area (TPSA) is 181 Å². The van der Waals surface area contributed by atoms with Gasteiger partial charge in [-0.05, 0) is 119 Å². The van der Waals surface area contributed by atoms with E-state index in [1.807, 2.05) is 118 Å². The molecule has 412 valence electrons. The average molecular weight is 1100 g/mol. The molecule has 1 amide bonds. The van der Waals surface area contributed by atoms with Crippen LogP contribution in [0, 0.1) is 11.3 Å². The Bertz CT molecular complexity index is 3790. The predicted octanol–water partition coefficient (Wildman–Crippen LogP) is 12.3. The summed E-state index contributed by atoms with van der Waals surface area (Å²) in [7, 11) is -0.211. The number of hydrogen-bond acceptors (Lipinski definition) is 14. The van der Waals surface area contributed by atoms with Gasteiger partial charge in [-0.2, -0.15) is 5.26 Å². The van der Waals surface area contributed by atoms with Crippen molar-refractivity contribution in [2.45, 2.75) is 82.6 Å². The Morgan fingerprint density at radius 2 is 1.33 bits per heavy atom. The van der Waals surface area contributed by atoms with Crippen LogP contribution in [0.2, 0.25) is 0 Å². The van der Waals surface area contributed by atoms with Gasteiger partial charge in [0.1, 0.15) is 47.8 Å². The van der Waals surface area contributed by atoms with E-state index in [1.54, 1.807) is 49.4 Å². The van der Waals surface area contributed by atoms with E-state index in [-0.39, 0.29) is 49.1 Å². The molecule has 1 aliphatic heterocycles. The van der Waals surface area contributed by atoms with E-state index >= 15 is 0 Å². The van der Waals surface area contributed by atoms with Gasteiger partial charge >= 0.3 is 8.25 Å². The number of carbonyl (C=O) groups excluding carboxylic acids is 1. The molecule has 4 unspecified atom stereocenters. The van der Waals surface area contributed by atoms with Gasteiger partial charge in [0.2, 0.25) is 0 Å². The van der Waals surface area contributed by atoms with Crippen LogP contribution in [-0.2, 0) is 40.0 Å². The third-order valence-electron chi connectivity index (χ3n) is 15.2. The number of nitriles is 1. The Hall–Kier alpha value is -8.10. The molecule has 0 bridgehead atoms. The van der Waals surface area contributed by atoms with Gasteiger partial charge in [-0.1, -0.05) is 127 Å². The van der Waals surface area contributed by atoms with Crippen LogP contribution < -0.4 is 14.8 Å². The molecule has 0 aliphatic carbocycles. The van der Waals surface area contributed by atoms with Crippen LogP contribution in [0.25, 0.3) is 43.5 Å². The maximum atomic E-state index is 14.7. The third-order valence-corrected chi connectivity index (χ3v) is 16.0. The molecule has 1 fully saturated rings. The minimum absolute atomic E-state index is 0.00757. The SMILES string of the molecule is COc1ccc(C(OC[C@H]2O[C@@H](n3cnc4c(NC(=O)c5ccccc5)ncnc43)C(OCc3ccc4ccc5cccc6ccc3c4c56)C2O[PH](=O)OCC(C#N)N(C(C)C)C(C)C)(c2ccccc2)c2ccc(OC)cc2)cc1. The molecule has 3 heterocycles. The number of hydrogen-bond donors (Lipinski definition) is 1. The highest BCUT2D eigenvalue weighted by atomic mass is 31.1. The van der Waals surface area contributed by atoms with Gasteiger partial charge in [0.15, 0.2) is 23.2 Å². The van der Waals surface area contributed by atoms with Crippen LogP contribution in [0.15, 0.2) is 176 Å². The van der Waals surface area contributed by atoms with Crippen molar-refractivity contribution in [2.75, 3.05) is 32.8 Å².